The molecule has 0 bridgehead atoms. The van der Waals surface area contributed by atoms with Crippen molar-refractivity contribution in [3.8, 4) is 0 Å². The summed E-state index contributed by atoms with van der Waals surface area (Å²) in [7, 11) is -3.28. The zero-order chi connectivity index (χ0) is 18.6. The first-order valence-corrected chi connectivity index (χ1v) is 10.6. The molecule has 1 saturated heterocycles. The lowest BCUT2D eigenvalue weighted by atomic mass is 9.88. The van der Waals surface area contributed by atoms with Crippen LogP contribution in [0, 0.1) is 11.8 Å². The molecule has 2 aromatic carbocycles. The predicted molar refractivity (Wildman–Crippen MR) is 111 cm³/mol. The molecule has 7 heteroatoms. The van der Waals surface area contributed by atoms with Crippen LogP contribution in [0.25, 0.3) is 0 Å². The van der Waals surface area contributed by atoms with E-state index in [0.717, 1.165) is 18.7 Å². The number of amides is 1. The van der Waals surface area contributed by atoms with Gasteiger partial charge in [-0.15, -0.1) is 12.4 Å². The maximum absolute atomic E-state index is 12.5. The number of anilines is 1. The van der Waals surface area contributed by atoms with Gasteiger partial charge in [-0.05, 0) is 42.3 Å². The third-order valence-corrected chi connectivity index (χ3v) is 6.29. The average molecular weight is 409 g/mol. The number of carbonyl (C=O) groups is 1. The summed E-state index contributed by atoms with van der Waals surface area (Å²) < 4.78 is 24.9. The van der Waals surface area contributed by atoms with Crippen molar-refractivity contribution >= 4 is 33.8 Å². The van der Waals surface area contributed by atoms with Gasteiger partial charge < -0.3 is 10.6 Å². The largest absolute Gasteiger partial charge is 0.326 e. The van der Waals surface area contributed by atoms with E-state index < -0.39 is 9.84 Å². The summed E-state index contributed by atoms with van der Waals surface area (Å²) in [6, 6.07) is 16.2. The molecule has 1 aliphatic heterocycles. The number of halogens is 1. The van der Waals surface area contributed by atoms with Gasteiger partial charge in [0.15, 0.2) is 9.84 Å². The molecule has 5 nitrogen and oxygen atoms in total. The van der Waals surface area contributed by atoms with E-state index in [9.17, 15) is 13.2 Å². The van der Waals surface area contributed by atoms with E-state index in [1.54, 1.807) is 24.3 Å². The first-order valence-electron chi connectivity index (χ1n) is 8.78. The van der Waals surface area contributed by atoms with Gasteiger partial charge in [-0.2, -0.15) is 0 Å². The van der Waals surface area contributed by atoms with E-state index in [4.69, 9.17) is 0 Å². The van der Waals surface area contributed by atoms with E-state index in [1.807, 2.05) is 37.3 Å². The van der Waals surface area contributed by atoms with Crippen LogP contribution < -0.4 is 10.6 Å². The Labute approximate surface area is 166 Å². The van der Waals surface area contributed by atoms with Crippen molar-refractivity contribution in [2.45, 2.75) is 18.4 Å². The van der Waals surface area contributed by atoms with Gasteiger partial charge >= 0.3 is 0 Å². The monoisotopic (exact) mass is 408 g/mol. The molecule has 1 aliphatic rings. The summed E-state index contributed by atoms with van der Waals surface area (Å²) in [5.74, 6) is 0.232. The van der Waals surface area contributed by atoms with Crippen LogP contribution in [0.5, 0.6) is 0 Å². The quantitative estimate of drug-likeness (QED) is 0.738. The van der Waals surface area contributed by atoms with Crippen LogP contribution in [0.1, 0.15) is 18.1 Å². The Morgan fingerprint density at radius 1 is 1.07 bits per heavy atom. The van der Waals surface area contributed by atoms with Gasteiger partial charge in [-0.3, -0.25) is 4.79 Å². The van der Waals surface area contributed by atoms with Crippen molar-refractivity contribution < 1.29 is 13.2 Å². The number of hydrogen-bond donors (Lipinski definition) is 2. The molecule has 2 N–H and O–H groups in total. The minimum Gasteiger partial charge on any atom is -0.326 e. The lowest BCUT2D eigenvalue weighted by molar-refractivity contribution is -0.121. The second kappa shape index (κ2) is 9.35. The third-order valence-electron chi connectivity index (χ3n) is 4.74. The van der Waals surface area contributed by atoms with Crippen LogP contribution >= 0.6 is 12.4 Å². The fourth-order valence-corrected chi connectivity index (χ4v) is 4.50. The van der Waals surface area contributed by atoms with Crippen LogP contribution in [-0.2, 0) is 26.1 Å². The highest BCUT2D eigenvalue weighted by atomic mass is 35.5. The van der Waals surface area contributed by atoms with E-state index in [2.05, 4.69) is 10.6 Å². The van der Waals surface area contributed by atoms with Gasteiger partial charge in [-0.1, -0.05) is 49.4 Å². The lowest BCUT2D eigenvalue weighted by Crippen LogP contribution is -2.48. The first kappa shape index (κ1) is 21.4. The molecule has 0 radical (unpaired) electrons. The first-order chi connectivity index (χ1) is 12.4. The summed E-state index contributed by atoms with van der Waals surface area (Å²) in [6.45, 7) is 3.66. The van der Waals surface area contributed by atoms with Crippen LogP contribution in [0.4, 0.5) is 5.69 Å². The van der Waals surface area contributed by atoms with Gasteiger partial charge in [0.05, 0.1) is 11.5 Å². The van der Waals surface area contributed by atoms with E-state index >= 15 is 0 Å². The van der Waals surface area contributed by atoms with Crippen molar-refractivity contribution in [1.82, 2.24) is 5.32 Å². The van der Waals surface area contributed by atoms with Crippen molar-refractivity contribution in [3.05, 3.63) is 65.7 Å². The Morgan fingerprint density at radius 3 is 2.33 bits per heavy atom. The molecule has 146 valence electrons. The maximum atomic E-state index is 12.5. The van der Waals surface area contributed by atoms with Gasteiger partial charge in [0.2, 0.25) is 5.91 Å². The molecule has 0 spiro atoms. The number of hydrogen-bond acceptors (Lipinski definition) is 4. The summed E-state index contributed by atoms with van der Waals surface area (Å²) in [6.07, 6.45) is 0. The Morgan fingerprint density at radius 2 is 1.70 bits per heavy atom. The Hall–Kier alpha value is -1.89. The van der Waals surface area contributed by atoms with Gasteiger partial charge in [0.25, 0.3) is 0 Å². The van der Waals surface area contributed by atoms with Gasteiger partial charge in [0.1, 0.15) is 0 Å². The highest BCUT2D eigenvalue weighted by Crippen LogP contribution is 2.20. The SMILES string of the molecule is CC(C(=O)Nc1cccc(CS(=O)(=O)Cc2ccccc2)c1)C1CNC1.Cl. The molecule has 0 aliphatic carbocycles. The molecule has 1 unspecified atom stereocenters. The number of nitrogens with one attached hydrogen (secondary N) is 2. The second-order valence-corrected chi connectivity index (χ2v) is 8.98. The normalized spacial score (nSPS) is 15.3. The number of rotatable bonds is 7. The van der Waals surface area contributed by atoms with Gasteiger partial charge in [0, 0.05) is 11.6 Å². The standard InChI is InChI=1S/C20H24N2O3S.ClH/c1-15(18-11-21-12-18)20(23)22-19-9-5-8-17(10-19)14-26(24,25)13-16-6-3-2-4-7-16;/h2-10,15,18,21H,11-14H2,1H3,(H,22,23);1H. The highest BCUT2D eigenvalue weighted by molar-refractivity contribution is 7.89. The Bertz CT molecular complexity index is 868. The van der Waals surface area contributed by atoms with Gasteiger partial charge in [-0.25, -0.2) is 8.42 Å². The van der Waals surface area contributed by atoms with Crippen molar-refractivity contribution in [2.24, 2.45) is 11.8 Å². The topological polar surface area (TPSA) is 75.3 Å². The summed E-state index contributed by atoms with van der Waals surface area (Å²) >= 11 is 0. The van der Waals surface area contributed by atoms with Crippen molar-refractivity contribution in [2.75, 3.05) is 18.4 Å². The van der Waals surface area contributed by atoms with Crippen molar-refractivity contribution in [1.29, 1.82) is 0 Å². The number of benzene rings is 2. The van der Waals surface area contributed by atoms with Crippen LogP contribution in [0.2, 0.25) is 0 Å². The molecular formula is C20H25ClN2O3S. The van der Waals surface area contributed by atoms with E-state index in [1.165, 1.54) is 0 Å². The minimum absolute atomic E-state index is 0. The molecular weight excluding hydrogens is 384 g/mol. The minimum atomic E-state index is -3.28. The number of carbonyl (C=O) groups excluding carboxylic acids is 1. The Balaban J connectivity index is 0.00000261. The highest BCUT2D eigenvalue weighted by Gasteiger charge is 2.28. The molecule has 1 atom stereocenters. The lowest BCUT2D eigenvalue weighted by Gasteiger charge is -2.31. The Kier molecular flexibility index (Phi) is 7.41. The summed E-state index contributed by atoms with van der Waals surface area (Å²) in [5, 5.41) is 6.07. The molecule has 0 aromatic heterocycles. The zero-order valence-electron chi connectivity index (χ0n) is 15.2. The predicted octanol–water partition coefficient (Wildman–Crippen LogP) is 3.02. The second-order valence-electron chi connectivity index (χ2n) is 6.91. The van der Waals surface area contributed by atoms with E-state index in [-0.39, 0.29) is 35.7 Å². The molecule has 3 rings (SSSR count). The van der Waals surface area contributed by atoms with E-state index in [0.29, 0.717) is 17.2 Å². The van der Waals surface area contributed by atoms with Crippen molar-refractivity contribution in [3.63, 3.8) is 0 Å². The average Bonchev–Trinajstić information content (AvgIpc) is 2.53. The maximum Gasteiger partial charge on any atom is 0.227 e. The molecule has 1 heterocycles. The molecule has 2 aromatic rings. The fraction of sp³-hybridized carbons (Fsp3) is 0.350. The van der Waals surface area contributed by atoms with Crippen LogP contribution in [-0.4, -0.2) is 27.4 Å². The fourth-order valence-electron chi connectivity index (χ4n) is 3.01. The molecule has 1 fully saturated rings. The zero-order valence-corrected chi connectivity index (χ0v) is 16.9. The third kappa shape index (κ3) is 6.06. The van der Waals surface area contributed by atoms with Crippen LogP contribution in [0.3, 0.4) is 0 Å². The summed E-state index contributed by atoms with van der Waals surface area (Å²) in [5.41, 5.74) is 2.10. The van der Waals surface area contributed by atoms with Crippen LogP contribution in [0.15, 0.2) is 54.6 Å². The number of sulfone groups is 1. The summed E-state index contributed by atoms with van der Waals surface area (Å²) in [4.78, 5) is 12.3. The molecule has 27 heavy (non-hydrogen) atoms. The molecule has 1 amide bonds. The smallest absolute Gasteiger partial charge is 0.227 e. The molecule has 0 saturated carbocycles.